The second-order valence-corrected chi connectivity index (χ2v) is 6.76. The van der Waals surface area contributed by atoms with Crippen molar-refractivity contribution in [3.63, 3.8) is 0 Å². The van der Waals surface area contributed by atoms with Crippen LogP contribution in [0.25, 0.3) is 11.1 Å². The molecular weight excluding hydrogens is 364 g/mol. The molecule has 1 aliphatic rings. The molecule has 146 valence electrons. The fourth-order valence-corrected chi connectivity index (χ4v) is 3.09. The maximum absolute atomic E-state index is 12.4. The Kier molecular flexibility index (Phi) is 4.70. The van der Waals surface area contributed by atoms with Crippen molar-refractivity contribution < 1.29 is 14.0 Å². The zero-order valence-electron chi connectivity index (χ0n) is 15.3. The number of fused-ring (bicyclic) bond motifs is 1. The summed E-state index contributed by atoms with van der Waals surface area (Å²) in [7, 11) is 2.03. The van der Waals surface area contributed by atoms with Crippen LogP contribution >= 0.6 is 0 Å². The Morgan fingerprint density at radius 2 is 2.00 bits per heavy atom. The number of anilines is 1. The summed E-state index contributed by atoms with van der Waals surface area (Å²) >= 11 is 0. The fourth-order valence-electron chi connectivity index (χ4n) is 3.09. The van der Waals surface area contributed by atoms with Gasteiger partial charge in [-0.1, -0.05) is 0 Å². The number of nitrogens with zero attached hydrogens (tertiary/aromatic N) is 4. The van der Waals surface area contributed by atoms with Crippen LogP contribution in [-0.4, -0.2) is 69.6 Å². The molecule has 0 saturated carbocycles. The van der Waals surface area contributed by atoms with Crippen LogP contribution in [0.1, 0.15) is 10.4 Å². The molecule has 2 N–H and O–H groups in total. The first-order chi connectivity index (χ1) is 13.5. The van der Waals surface area contributed by atoms with Crippen molar-refractivity contribution in [2.45, 2.75) is 6.54 Å². The van der Waals surface area contributed by atoms with Crippen molar-refractivity contribution >= 4 is 28.7 Å². The van der Waals surface area contributed by atoms with Crippen LogP contribution < -0.4 is 11.1 Å². The third-order valence-corrected chi connectivity index (χ3v) is 4.72. The number of likely N-dealkylation sites (N-methyl/N-ethyl adjacent to an activating group) is 1. The molecule has 0 spiro atoms. The first-order valence-corrected chi connectivity index (χ1v) is 8.92. The number of piperazine rings is 1. The molecule has 0 radical (unpaired) electrons. The van der Waals surface area contributed by atoms with Gasteiger partial charge in [-0.15, -0.1) is 0 Å². The number of nitrogens with one attached hydrogen (secondary N) is 2. The van der Waals surface area contributed by atoms with Gasteiger partial charge in [0.25, 0.3) is 5.91 Å². The summed E-state index contributed by atoms with van der Waals surface area (Å²) in [6.45, 7) is 3.26. The van der Waals surface area contributed by atoms with Crippen LogP contribution in [0.15, 0.2) is 39.7 Å². The smallest absolute Gasteiger partial charge is 0.408 e. The Morgan fingerprint density at radius 3 is 2.79 bits per heavy atom. The fraction of sp³-hybridized carbons (Fsp3) is 0.333. The predicted molar refractivity (Wildman–Crippen MR) is 101 cm³/mol. The van der Waals surface area contributed by atoms with Gasteiger partial charge >= 0.3 is 5.76 Å². The molecule has 28 heavy (non-hydrogen) atoms. The maximum atomic E-state index is 12.4. The van der Waals surface area contributed by atoms with E-state index in [1.165, 1.54) is 10.7 Å². The van der Waals surface area contributed by atoms with Gasteiger partial charge in [-0.2, -0.15) is 5.10 Å². The third-order valence-electron chi connectivity index (χ3n) is 4.72. The molecule has 3 aromatic rings. The lowest BCUT2D eigenvalue weighted by atomic mass is 10.2. The normalized spacial score (nSPS) is 15.1. The Hall–Kier alpha value is -3.40. The average Bonchev–Trinajstić information content (AvgIpc) is 3.26. The van der Waals surface area contributed by atoms with Crippen LogP contribution in [-0.2, 0) is 11.3 Å². The number of carbonyl (C=O) groups is 2. The van der Waals surface area contributed by atoms with Crippen LogP contribution in [0.4, 0.5) is 5.82 Å². The van der Waals surface area contributed by atoms with Crippen LogP contribution in [0, 0.1) is 0 Å². The molecule has 4 rings (SSSR count). The monoisotopic (exact) mass is 384 g/mol. The highest BCUT2D eigenvalue weighted by atomic mass is 16.4. The molecule has 0 atom stereocenters. The van der Waals surface area contributed by atoms with E-state index in [2.05, 4.69) is 20.3 Å². The highest BCUT2D eigenvalue weighted by Gasteiger charge is 2.19. The standard InChI is InChI=1S/C18H20N6O4/c1-22-6-8-23(9-7-22)16(25)11-24-5-4-15(21-24)20-17(26)12-2-3-13-14(10-12)28-18(27)19-13/h2-5,10H,6-9,11H2,1H3,(H,19,27)(H,20,21,26). The number of oxazole rings is 1. The van der Waals surface area contributed by atoms with E-state index in [0.29, 0.717) is 35.6 Å². The molecule has 1 saturated heterocycles. The summed E-state index contributed by atoms with van der Waals surface area (Å²) in [6, 6.07) is 6.29. The lowest BCUT2D eigenvalue weighted by Gasteiger charge is -2.32. The van der Waals surface area contributed by atoms with Gasteiger partial charge in [0.15, 0.2) is 11.4 Å². The third kappa shape index (κ3) is 3.81. The van der Waals surface area contributed by atoms with Crippen LogP contribution in [0.2, 0.25) is 0 Å². The molecule has 2 amide bonds. The Bertz CT molecular complexity index is 1070. The second-order valence-electron chi connectivity index (χ2n) is 6.76. The Labute approximate surface area is 159 Å². The number of hydrogen-bond acceptors (Lipinski definition) is 6. The number of hydrogen-bond donors (Lipinski definition) is 2. The number of H-pyrrole nitrogens is 1. The summed E-state index contributed by atoms with van der Waals surface area (Å²) in [6.07, 6.45) is 1.65. The first kappa shape index (κ1) is 18.0. The van der Waals surface area contributed by atoms with Crippen molar-refractivity contribution in [2.75, 3.05) is 38.5 Å². The van der Waals surface area contributed by atoms with Crippen molar-refractivity contribution in [1.82, 2.24) is 24.6 Å². The highest BCUT2D eigenvalue weighted by Crippen LogP contribution is 2.14. The van der Waals surface area contributed by atoms with E-state index in [-0.39, 0.29) is 18.4 Å². The molecule has 1 fully saturated rings. The molecule has 1 aromatic carbocycles. The zero-order chi connectivity index (χ0) is 19.7. The number of benzene rings is 1. The van der Waals surface area contributed by atoms with Gasteiger partial charge in [0.1, 0.15) is 6.54 Å². The minimum atomic E-state index is -0.573. The second kappa shape index (κ2) is 7.31. The number of amides is 2. The predicted octanol–water partition coefficient (Wildman–Crippen LogP) is 0.344. The van der Waals surface area contributed by atoms with Gasteiger partial charge in [0.2, 0.25) is 5.91 Å². The van der Waals surface area contributed by atoms with Crippen LogP contribution in [0.5, 0.6) is 0 Å². The number of aromatic nitrogens is 3. The van der Waals surface area contributed by atoms with E-state index in [1.807, 2.05) is 11.9 Å². The average molecular weight is 384 g/mol. The molecule has 10 heteroatoms. The van der Waals surface area contributed by atoms with Crippen LogP contribution in [0.3, 0.4) is 0 Å². The van der Waals surface area contributed by atoms with Gasteiger partial charge in [-0.25, -0.2) is 4.79 Å². The first-order valence-electron chi connectivity index (χ1n) is 8.92. The van der Waals surface area contributed by atoms with Gasteiger partial charge in [0, 0.05) is 44.0 Å². The molecule has 3 heterocycles. The van der Waals surface area contributed by atoms with E-state index >= 15 is 0 Å². The van der Waals surface area contributed by atoms with Gasteiger partial charge in [-0.05, 0) is 25.2 Å². The number of rotatable bonds is 4. The van der Waals surface area contributed by atoms with Gasteiger partial charge in [-0.3, -0.25) is 19.3 Å². The molecule has 10 nitrogen and oxygen atoms in total. The van der Waals surface area contributed by atoms with Crippen molar-refractivity contribution in [3.8, 4) is 0 Å². The topological polar surface area (TPSA) is 116 Å². The molecule has 0 unspecified atom stereocenters. The summed E-state index contributed by atoms with van der Waals surface area (Å²) in [4.78, 5) is 42.5. The van der Waals surface area contributed by atoms with Crippen molar-refractivity contribution in [1.29, 1.82) is 0 Å². The Balaban J connectivity index is 1.39. The lowest BCUT2D eigenvalue weighted by molar-refractivity contribution is -0.133. The Morgan fingerprint density at radius 1 is 1.21 bits per heavy atom. The number of carbonyl (C=O) groups excluding carboxylic acids is 2. The van der Waals surface area contributed by atoms with Gasteiger partial charge in [0.05, 0.1) is 5.52 Å². The maximum Gasteiger partial charge on any atom is 0.417 e. The largest absolute Gasteiger partial charge is 0.417 e. The van der Waals surface area contributed by atoms with E-state index in [1.54, 1.807) is 24.4 Å². The minimum Gasteiger partial charge on any atom is -0.408 e. The lowest BCUT2D eigenvalue weighted by Crippen LogP contribution is -2.48. The van der Waals surface area contributed by atoms with E-state index in [0.717, 1.165) is 13.1 Å². The summed E-state index contributed by atoms with van der Waals surface area (Å²) in [5, 5.41) is 6.92. The summed E-state index contributed by atoms with van der Waals surface area (Å²) in [5.41, 5.74) is 1.16. The molecule has 2 aromatic heterocycles. The summed E-state index contributed by atoms with van der Waals surface area (Å²) < 4.78 is 6.47. The molecule has 1 aliphatic heterocycles. The highest BCUT2D eigenvalue weighted by molar-refractivity contribution is 6.05. The molecule has 0 bridgehead atoms. The van der Waals surface area contributed by atoms with E-state index < -0.39 is 5.76 Å². The minimum absolute atomic E-state index is 0.00187. The van der Waals surface area contributed by atoms with Gasteiger partial charge < -0.3 is 19.5 Å². The SMILES string of the molecule is CN1CCN(C(=O)Cn2ccc(NC(=O)c3ccc4[nH]c(=O)oc4c3)n2)CC1. The van der Waals surface area contributed by atoms with E-state index in [9.17, 15) is 14.4 Å². The van der Waals surface area contributed by atoms with Crippen molar-refractivity contribution in [3.05, 3.63) is 46.6 Å². The van der Waals surface area contributed by atoms with Crippen molar-refractivity contribution in [2.24, 2.45) is 0 Å². The molecular formula is C18H20N6O4. The summed E-state index contributed by atoms with van der Waals surface area (Å²) in [5.74, 6) is -0.619. The quantitative estimate of drug-likeness (QED) is 0.670. The zero-order valence-corrected chi connectivity index (χ0v) is 15.3. The molecule has 0 aliphatic carbocycles. The van der Waals surface area contributed by atoms with E-state index in [4.69, 9.17) is 4.42 Å². The number of aromatic amines is 1.